The van der Waals surface area contributed by atoms with Crippen molar-refractivity contribution >= 4 is 5.96 Å². The molecule has 0 spiro atoms. The second-order valence-corrected chi connectivity index (χ2v) is 5.96. The van der Waals surface area contributed by atoms with Gasteiger partial charge in [0.2, 0.25) is 0 Å². The van der Waals surface area contributed by atoms with E-state index in [0.717, 1.165) is 0 Å². The summed E-state index contributed by atoms with van der Waals surface area (Å²) in [7, 11) is 1.57. The van der Waals surface area contributed by atoms with E-state index in [1.54, 1.807) is 37.4 Å². The fraction of sp³-hybridized carbons (Fsp3) is 0.350. The Morgan fingerprint density at radius 2 is 2.00 bits per heavy atom. The molecule has 0 fully saturated rings. The monoisotopic (exact) mass is 375 g/mol. The Bertz CT molecular complexity index is 768. The second kappa shape index (κ2) is 10.3. The number of rotatable bonds is 8. The molecule has 0 aliphatic rings. The Balaban J connectivity index is 1.95. The summed E-state index contributed by atoms with van der Waals surface area (Å²) in [6.45, 7) is 5.31. The molecule has 1 atom stereocenters. The zero-order chi connectivity index (χ0) is 19.6. The van der Waals surface area contributed by atoms with Crippen LogP contribution < -0.4 is 20.1 Å². The van der Waals surface area contributed by atoms with Crippen molar-refractivity contribution in [2.45, 2.75) is 26.5 Å². The Morgan fingerprint density at radius 3 is 2.70 bits per heavy atom. The van der Waals surface area contributed by atoms with Crippen LogP contribution >= 0.6 is 0 Å². The predicted octanol–water partition coefficient (Wildman–Crippen LogP) is 3.06. The number of halogens is 1. The largest absolute Gasteiger partial charge is 0.508 e. The van der Waals surface area contributed by atoms with Gasteiger partial charge in [0.1, 0.15) is 29.2 Å². The minimum absolute atomic E-state index is 0.165. The lowest BCUT2D eigenvalue weighted by molar-refractivity contribution is 0.223. The molecule has 1 unspecified atom stereocenters. The van der Waals surface area contributed by atoms with Crippen molar-refractivity contribution in [1.29, 1.82) is 0 Å². The summed E-state index contributed by atoms with van der Waals surface area (Å²) in [5, 5.41) is 16.3. The number of benzene rings is 2. The average molecular weight is 375 g/mol. The number of guanidine groups is 1. The third-order valence-electron chi connectivity index (χ3n) is 3.73. The number of nitrogens with zero attached hydrogens (tertiary/aromatic N) is 1. The van der Waals surface area contributed by atoms with Gasteiger partial charge in [-0.3, -0.25) is 0 Å². The first kappa shape index (κ1) is 20.4. The van der Waals surface area contributed by atoms with E-state index < -0.39 is 0 Å². The number of phenols is 1. The number of hydrogen-bond donors (Lipinski definition) is 3. The van der Waals surface area contributed by atoms with Gasteiger partial charge in [-0.15, -0.1) is 0 Å². The van der Waals surface area contributed by atoms with Gasteiger partial charge in [-0.1, -0.05) is 6.07 Å². The SMILES string of the molecule is CCNC(=NCc1cc(OC)ccc1O)NCC(C)Oc1cccc(F)c1. The van der Waals surface area contributed by atoms with E-state index in [1.807, 2.05) is 13.8 Å². The summed E-state index contributed by atoms with van der Waals surface area (Å²) < 4.78 is 24.1. The number of aromatic hydroxyl groups is 1. The third kappa shape index (κ3) is 6.69. The molecule has 2 rings (SSSR count). The van der Waals surface area contributed by atoms with E-state index in [1.165, 1.54) is 12.1 Å². The highest BCUT2D eigenvalue weighted by Gasteiger charge is 2.08. The molecule has 146 valence electrons. The van der Waals surface area contributed by atoms with Crippen LogP contribution in [-0.2, 0) is 6.54 Å². The lowest BCUT2D eigenvalue weighted by Crippen LogP contribution is -2.41. The zero-order valence-corrected chi connectivity index (χ0v) is 15.8. The number of aliphatic imine (C=N–C) groups is 1. The van der Waals surface area contributed by atoms with Crippen LogP contribution in [0.15, 0.2) is 47.5 Å². The third-order valence-corrected chi connectivity index (χ3v) is 3.73. The Morgan fingerprint density at radius 1 is 1.19 bits per heavy atom. The van der Waals surface area contributed by atoms with Crippen LogP contribution in [0, 0.1) is 5.82 Å². The maximum absolute atomic E-state index is 13.2. The van der Waals surface area contributed by atoms with Gasteiger partial charge < -0.3 is 25.2 Å². The number of ether oxygens (including phenoxy) is 2. The number of methoxy groups -OCH3 is 1. The molecular weight excluding hydrogens is 349 g/mol. The van der Waals surface area contributed by atoms with Gasteiger partial charge in [-0.05, 0) is 44.2 Å². The minimum atomic E-state index is -0.333. The molecule has 0 bridgehead atoms. The van der Waals surface area contributed by atoms with Gasteiger partial charge in [0.15, 0.2) is 5.96 Å². The summed E-state index contributed by atoms with van der Waals surface area (Å²) in [6.07, 6.45) is -0.194. The summed E-state index contributed by atoms with van der Waals surface area (Å²) in [6, 6.07) is 11.1. The minimum Gasteiger partial charge on any atom is -0.508 e. The molecule has 0 aliphatic carbocycles. The van der Waals surface area contributed by atoms with Crippen molar-refractivity contribution in [3.63, 3.8) is 0 Å². The molecule has 27 heavy (non-hydrogen) atoms. The van der Waals surface area contributed by atoms with Crippen LogP contribution in [0.3, 0.4) is 0 Å². The topological polar surface area (TPSA) is 75.1 Å². The zero-order valence-electron chi connectivity index (χ0n) is 15.8. The van der Waals surface area contributed by atoms with E-state index in [0.29, 0.717) is 36.1 Å². The Hall–Kier alpha value is -2.96. The first-order chi connectivity index (χ1) is 13.0. The molecule has 0 radical (unpaired) electrons. The van der Waals surface area contributed by atoms with E-state index in [-0.39, 0.29) is 24.2 Å². The van der Waals surface area contributed by atoms with Gasteiger partial charge in [0, 0.05) is 18.2 Å². The van der Waals surface area contributed by atoms with Crippen molar-refractivity contribution in [2.24, 2.45) is 4.99 Å². The summed E-state index contributed by atoms with van der Waals surface area (Å²) in [5.74, 6) is 1.56. The number of hydrogen-bond acceptors (Lipinski definition) is 4. The maximum Gasteiger partial charge on any atom is 0.191 e. The van der Waals surface area contributed by atoms with Crippen molar-refractivity contribution in [1.82, 2.24) is 10.6 Å². The van der Waals surface area contributed by atoms with Crippen molar-refractivity contribution in [3.8, 4) is 17.2 Å². The maximum atomic E-state index is 13.2. The second-order valence-electron chi connectivity index (χ2n) is 5.96. The van der Waals surface area contributed by atoms with Crippen molar-refractivity contribution in [3.05, 3.63) is 53.8 Å². The molecule has 7 heteroatoms. The highest BCUT2D eigenvalue weighted by Crippen LogP contribution is 2.23. The Labute approximate surface area is 159 Å². The summed E-state index contributed by atoms with van der Waals surface area (Å²) in [4.78, 5) is 4.48. The fourth-order valence-corrected chi connectivity index (χ4v) is 2.38. The van der Waals surface area contributed by atoms with Gasteiger partial charge in [0.25, 0.3) is 0 Å². The number of phenolic OH excluding ortho intramolecular Hbond substituents is 1. The van der Waals surface area contributed by atoms with Crippen LogP contribution in [0.25, 0.3) is 0 Å². The summed E-state index contributed by atoms with van der Waals surface area (Å²) >= 11 is 0. The lowest BCUT2D eigenvalue weighted by Gasteiger charge is -2.18. The molecule has 2 aromatic carbocycles. The van der Waals surface area contributed by atoms with Crippen LogP contribution in [0.5, 0.6) is 17.2 Å². The highest BCUT2D eigenvalue weighted by molar-refractivity contribution is 5.79. The van der Waals surface area contributed by atoms with Gasteiger partial charge in [0.05, 0.1) is 20.2 Å². The normalized spacial score (nSPS) is 12.4. The molecule has 0 aliphatic heterocycles. The van der Waals surface area contributed by atoms with Crippen LogP contribution in [0.2, 0.25) is 0 Å². The Kier molecular flexibility index (Phi) is 7.73. The van der Waals surface area contributed by atoms with Crippen LogP contribution in [0.4, 0.5) is 4.39 Å². The first-order valence-corrected chi connectivity index (χ1v) is 8.82. The van der Waals surface area contributed by atoms with E-state index in [9.17, 15) is 9.50 Å². The standard InChI is InChI=1S/C20H26FN3O3/c1-4-22-20(24-13-15-10-17(26-3)8-9-19(15)25)23-12-14(2)27-18-7-5-6-16(21)11-18/h5-11,14,25H,4,12-13H2,1-3H3,(H2,22,23,24). The predicted molar refractivity (Wildman–Crippen MR) is 104 cm³/mol. The van der Waals surface area contributed by atoms with Crippen molar-refractivity contribution < 1.29 is 19.0 Å². The molecule has 0 heterocycles. The van der Waals surface area contributed by atoms with E-state index in [2.05, 4.69) is 15.6 Å². The van der Waals surface area contributed by atoms with Gasteiger partial charge in [-0.2, -0.15) is 0 Å². The first-order valence-electron chi connectivity index (χ1n) is 8.82. The van der Waals surface area contributed by atoms with E-state index in [4.69, 9.17) is 9.47 Å². The highest BCUT2D eigenvalue weighted by atomic mass is 19.1. The molecule has 0 saturated carbocycles. The quantitative estimate of drug-likeness (QED) is 0.488. The summed E-state index contributed by atoms with van der Waals surface area (Å²) in [5.41, 5.74) is 0.663. The van der Waals surface area contributed by atoms with Crippen LogP contribution in [-0.4, -0.2) is 37.4 Å². The average Bonchev–Trinajstić information content (AvgIpc) is 2.65. The molecule has 0 aromatic heterocycles. The van der Waals surface area contributed by atoms with Gasteiger partial charge in [-0.25, -0.2) is 9.38 Å². The molecule has 2 aromatic rings. The smallest absolute Gasteiger partial charge is 0.191 e. The molecule has 0 amide bonds. The van der Waals surface area contributed by atoms with Gasteiger partial charge >= 0.3 is 0 Å². The molecule has 6 nitrogen and oxygen atoms in total. The molecule has 0 saturated heterocycles. The number of nitrogens with one attached hydrogen (secondary N) is 2. The molecule has 3 N–H and O–H groups in total. The van der Waals surface area contributed by atoms with Crippen LogP contribution in [0.1, 0.15) is 19.4 Å². The lowest BCUT2D eigenvalue weighted by atomic mass is 10.2. The van der Waals surface area contributed by atoms with Crippen molar-refractivity contribution in [2.75, 3.05) is 20.2 Å². The fourth-order valence-electron chi connectivity index (χ4n) is 2.38. The molecular formula is C20H26FN3O3. The van der Waals surface area contributed by atoms with E-state index >= 15 is 0 Å².